The highest BCUT2D eigenvalue weighted by Crippen LogP contribution is 2.24. The van der Waals surface area contributed by atoms with E-state index in [-0.39, 0.29) is 18.7 Å². The van der Waals surface area contributed by atoms with Gasteiger partial charge in [-0.15, -0.1) is 0 Å². The van der Waals surface area contributed by atoms with Crippen LogP contribution in [-0.4, -0.2) is 41.9 Å². The maximum Gasteiger partial charge on any atom is 0.335 e. The number of ether oxygens (including phenoxy) is 1. The van der Waals surface area contributed by atoms with E-state index >= 15 is 0 Å². The van der Waals surface area contributed by atoms with Gasteiger partial charge in [0.15, 0.2) is 0 Å². The van der Waals surface area contributed by atoms with Gasteiger partial charge in [0.05, 0.1) is 12.2 Å². The summed E-state index contributed by atoms with van der Waals surface area (Å²) in [6, 6.07) is 5.49. The Morgan fingerprint density at radius 2 is 1.90 bits per heavy atom. The summed E-state index contributed by atoms with van der Waals surface area (Å²) in [6.45, 7) is 1.65. The van der Waals surface area contributed by atoms with Crippen LogP contribution in [0.1, 0.15) is 17.3 Å². The zero-order chi connectivity index (χ0) is 15.6. The maximum absolute atomic E-state index is 11.9. The molecule has 0 aromatic heterocycles. The molecule has 1 aliphatic heterocycles. The zero-order valence-electron chi connectivity index (χ0n) is 11.2. The molecule has 0 saturated carbocycles. The molecule has 0 unspecified atom stereocenters. The van der Waals surface area contributed by atoms with Crippen LogP contribution in [0.3, 0.4) is 0 Å². The van der Waals surface area contributed by atoms with Crippen molar-refractivity contribution in [2.24, 2.45) is 5.92 Å². The minimum Gasteiger partial charge on any atom is -0.478 e. The highest BCUT2D eigenvalue weighted by molar-refractivity contribution is 6.47. The molecule has 1 N–H and O–H groups in total. The Labute approximate surface area is 120 Å². The second kappa shape index (κ2) is 5.74. The smallest absolute Gasteiger partial charge is 0.335 e. The topological polar surface area (TPSA) is 101 Å². The molecule has 7 nitrogen and oxygen atoms in total. The van der Waals surface area contributed by atoms with Gasteiger partial charge in [-0.1, -0.05) is 0 Å². The highest BCUT2D eigenvalue weighted by atomic mass is 16.5. The first-order valence-corrected chi connectivity index (χ1v) is 6.31. The average Bonchev–Trinajstić information content (AvgIpc) is 2.76. The number of hydrogen-bond donors (Lipinski definition) is 1. The number of Topliss-reactive ketones (excluding diaryl/α,β-unsaturated/α-hetero) is 1. The molecule has 7 heteroatoms. The Bertz CT molecular complexity index is 606. The van der Waals surface area contributed by atoms with E-state index in [0.29, 0.717) is 5.69 Å². The summed E-state index contributed by atoms with van der Waals surface area (Å²) in [5.41, 5.74) is 0.434. The third-order valence-electron chi connectivity index (χ3n) is 3.13. The number of anilines is 1. The summed E-state index contributed by atoms with van der Waals surface area (Å²) in [5.74, 6) is -4.54. The number of esters is 1. The van der Waals surface area contributed by atoms with Gasteiger partial charge in [0, 0.05) is 12.2 Å². The molecule has 1 aromatic rings. The molecule has 1 aromatic carbocycles. The van der Waals surface area contributed by atoms with Gasteiger partial charge < -0.3 is 14.7 Å². The van der Waals surface area contributed by atoms with E-state index in [1.165, 1.54) is 24.3 Å². The van der Waals surface area contributed by atoms with E-state index in [1.807, 2.05) is 0 Å². The molecular weight excluding hydrogens is 278 g/mol. The second-order valence-electron chi connectivity index (χ2n) is 4.44. The molecule has 0 bridgehead atoms. The van der Waals surface area contributed by atoms with E-state index in [1.54, 1.807) is 6.92 Å². The predicted octanol–water partition coefficient (Wildman–Crippen LogP) is 0.480. The van der Waals surface area contributed by atoms with Crippen molar-refractivity contribution < 1.29 is 29.0 Å². The van der Waals surface area contributed by atoms with Gasteiger partial charge in [-0.2, -0.15) is 0 Å². The van der Waals surface area contributed by atoms with Crippen LogP contribution in [0, 0.1) is 5.92 Å². The number of rotatable bonds is 4. The van der Waals surface area contributed by atoms with Crippen molar-refractivity contribution in [3.8, 4) is 0 Å². The molecule has 1 atom stereocenters. The Kier molecular flexibility index (Phi) is 4.02. The number of carboxylic acids is 1. The van der Waals surface area contributed by atoms with E-state index in [0.717, 1.165) is 4.90 Å². The Morgan fingerprint density at radius 1 is 1.29 bits per heavy atom. The van der Waals surface area contributed by atoms with Crippen LogP contribution in [0.4, 0.5) is 5.69 Å². The SMILES string of the molecule is CCOC(=O)[C@@H]1CN(c2ccc(C(=O)O)cc2)C(=O)C1=O. The number of carbonyl (C=O) groups excluding carboxylic acids is 3. The lowest BCUT2D eigenvalue weighted by Gasteiger charge is -2.15. The highest BCUT2D eigenvalue weighted by Gasteiger charge is 2.44. The van der Waals surface area contributed by atoms with Gasteiger partial charge in [0.1, 0.15) is 5.92 Å². The Balaban J connectivity index is 2.21. The Hall–Kier alpha value is -2.70. The summed E-state index contributed by atoms with van der Waals surface area (Å²) >= 11 is 0. The summed E-state index contributed by atoms with van der Waals surface area (Å²) in [4.78, 5) is 47.2. The third kappa shape index (κ3) is 2.76. The lowest BCUT2D eigenvalue weighted by molar-refractivity contribution is -0.151. The second-order valence-corrected chi connectivity index (χ2v) is 4.44. The van der Waals surface area contributed by atoms with Gasteiger partial charge in [-0.25, -0.2) is 4.79 Å². The fraction of sp³-hybridized carbons (Fsp3) is 0.286. The average molecular weight is 291 g/mol. The lowest BCUT2D eigenvalue weighted by atomic mass is 10.1. The molecule has 2 rings (SSSR count). The number of benzene rings is 1. The van der Waals surface area contributed by atoms with Crippen LogP contribution in [-0.2, 0) is 19.1 Å². The van der Waals surface area contributed by atoms with E-state index in [2.05, 4.69) is 0 Å². The predicted molar refractivity (Wildman–Crippen MR) is 70.9 cm³/mol. The van der Waals surface area contributed by atoms with Crippen LogP contribution in [0.25, 0.3) is 0 Å². The van der Waals surface area contributed by atoms with Crippen molar-refractivity contribution in [3.05, 3.63) is 29.8 Å². The molecule has 1 heterocycles. The van der Waals surface area contributed by atoms with Crippen molar-refractivity contribution in [1.82, 2.24) is 0 Å². The molecule has 1 fully saturated rings. The van der Waals surface area contributed by atoms with Crippen LogP contribution in [0.2, 0.25) is 0 Å². The zero-order valence-corrected chi connectivity index (χ0v) is 11.2. The van der Waals surface area contributed by atoms with Gasteiger partial charge in [0.25, 0.3) is 5.91 Å². The molecule has 21 heavy (non-hydrogen) atoms. The first-order valence-electron chi connectivity index (χ1n) is 6.31. The largest absolute Gasteiger partial charge is 0.478 e. The quantitative estimate of drug-likeness (QED) is 0.492. The number of nitrogens with zero attached hydrogens (tertiary/aromatic N) is 1. The summed E-state index contributed by atoms with van der Waals surface area (Å²) in [6.07, 6.45) is 0. The van der Waals surface area contributed by atoms with Crippen LogP contribution in [0.15, 0.2) is 24.3 Å². The monoisotopic (exact) mass is 291 g/mol. The molecule has 0 spiro atoms. The molecular formula is C14H13NO6. The van der Waals surface area contributed by atoms with Crippen LogP contribution >= 0.6 is 0 Å². The van der Waals surface area contributed by atoms with Crippen LogP contribution in [0.5, 0.6) is 0 Å². The van der Waals surface area contributed by atoms with E-state index in [4.69, 9.17) is 9.84 Å². The molecule has 1 amide bonds. The first kappa shape index (κ1) is 14.7. The van der Waals surface area contributed by atoms with E-state index < -0.39 is 29.5 Å². The minimum atomic E-state index is -1.13. The minimum absolute atomic E-state index is 0.0682. The van der Waals surface area contributed by atoms with Crippen LogP contribution < -0.4 is 4.90 Å². The molecule has 0 aliphatic carbocycles. The molecule has 1 saturated heterocycles. The maximum atomic E-state index is 11.9. The van der Waals surface area contributed by atoms with Gasteiger partial charge in [-0.3, -0.25) is 14.4 Å². The summed E-state index contributed by atoms with van der Waals surface area (Å²) < 4.78 is 4.76. The molecule has 110 valence electrons. The fourth-order valence-corrected chi connectivity index (χ4v) is 2.06. The molecule has 0 radical (unpaired) electrons. The number of aromatic carboxylic acids is 1. The summed E-state index contributed by atoms with van der Waals surface area (Å²) in [7, 11) is 0. The van der Waals surface area contributed by atoms with E-state index in [9.17, 15) is 19.2 Å². The van der Waals surface area contributed by atoms with Crippen molar-refractivity contribution in [2.45, 2.75) is 6.92 Å². The fourth-order valence-electron chi connectivity index (χ4n) is 2.06. The van der Waals surface area contributed by atoms with Gasteiger partial charge in [-0.05, 0) is 31.2 Å². The number of carbonyl (C=O) groups is 4. The third-order valence-corrected chi connectivity index (χ3v) is 3.13. The van der Waals surface area contributed by atoms with Crippen molar-refractivity contribution in [3.63, 3.8) is 0 Å². The van der Waals surface area contributed by atoms with Crippen molar-refractivity contribution >= 4 is 29.3 Å². The standard InChI is InChI=1S/C14H13NO6/c1-2-21-14(20)10-7-15(12(17)11(10)16)9-5-3-8(4-6-9)13(18)19/h3-6,10H,2,7H2,1H3,(H,18,19)/t10-/m1/s1. The molecule has 1 aliphatic rings. The first-order chi connectivity index (χ1) is 9.95. The number of amides is 1. The van der Waals surface area contributed by atoms with Crippen molar-refractivity contribution in [1.29, 1.82) is 0 Å². The van der Waals surface area contributed by atoms with Crippen molar-refractivity contribution in [2.75, 3.05) is 18.1 Å². The van der Waals surface area contributed by atoms with Gasteiger partial charge >= 0.3 is 11.9 Å². The Morgan fingerprint density at radius 3 is 2.43 bits per heavy atom. The lowest BCUT2D eigenvalue weighted by Crippen LogP contribution is -2.26. The summed E-state index contributed by atoms with van der Waals surface area (Å²) in [5, 5.41) is 8.81. The number of hydrogen-bond acceptors (Lipinski definition) is 5. The number of ketones is 1. The van der Waals surface area contributed by atoms with Gasteiger partial charge in [0.2, 0.25) is 5.78 Å². The normalized spacial score (nSPS) is 18.0. The number of carboxylic acid groups (broad SMARTS) is 1.